The summed E-state index contributed by atoms with van der Waals surface area (Å²) >= 11 is 0. The molecule has 28 heavy (non-hydrogen) atoms. The molecule has 0 spiro atoms. The van der Waals surface area contributed by atoms with E-state index >= 15 is 0 Å². The summed E-state index contributed by atoms with van der Waals surface area (Å²) in [5.74, 6) is 0.548. The van der Waals surface area contributed by atoms with Gasteiger partial charge in [-0.15, -0.1) is 0 Å². The second-order valence-electron chi connectivity index (χ2n) is 7.78. The maximum atomic E-state index is 12.7. The van der Waals surface area contributed by atoms with Crippen LogP contribution in [0.2, 0.25) is 0 Å². The molecule has 1 unspecified atom stereocenters. The van der Waals surface area contributed by atoms with Gasteiger partial charge in [0, 0.05) is 23.5 Å². The van der Waals surface area contributed by atoms with Crippen molar-refractivity contribution in [2.24, 2.45) is 5.92 Å². The summed E-state index contributed by atoms with van der Waals surface area (Å²) in [5.41, 5.74) is 2.07. The van der Waals surface area contributed by atoms with E-state index in [4.69, 9.17) is 4.42 Å². The molecule has 3 aliphatic heterocycles. The van der Waals surface area contributed by atoms with Gasteiger partial charge in [-0.2, -0.15) is 0 Å². The molecule has 0 aliphatic carbocycles. The highest BCUT2D eigenvalue weighted by atomic mass is 16.4. The van der Waals surface area contributed by atoms with E-state index in [0.717, 1.165) is 30.6 Å². The highest BCUT2D eigenvalue weighted by Gasteiger charge is 2.34. The van der Waals surface area contributed by atoms with Crippen molar-refractivity contribution in [1.29, 1.82) is 0 Å². The number of piperidine rings is 3. The molecular weight excluding hydrogens is 352 g/mol. The van der Waals surface area contributed by atoms with Crippen LogP contribution in [0.1, 0.15) is 23.2 Å². The Labute approximate surface area is 163 Å². The van der Waals surface area contributed by atoms with E-state index in [1.807, 2.05) is 36.4 Å². The summed E-state index contributed by atoms with van der Waals surface area (Å²) in [7, 11) is 0. The predicted octanol–water partition coefficient (Wildman–Crippen LogP) is 3.28. The van der Waals surface area contributed by atoms with Gasteiger partial charge in [-0.3, -0.25) is 4.79 Å². The van der Waals surface area contributed by atoms with Crippen LogP contribution >= 0.6 is 0 Å². The molecule has 0 radical (unpaired) electrons. The molecule has 1 aromatic heterocycles. The van der Waals surface area contributed by atoms with Gasteiger partial charge in [-0.05, 0) is 61.7 Å². The van der Waals surface area contributed by atoms with E-state index in [9.17, 15) is 9.59 Å². The Hall–Kier alpha value is -2.92. The average Bonchev–Trinajstić information content (AvgIpc) is 2.74. The zero-order valence-electron chi connectivity index (χ0n) is 15.6. The highest BCUT2D eigenvalue weighted by molar-refractivity contribution is 5.95. The van der Waals surface area contributed by atoms with Crippen LogP contribution in [0, 0.1) is 5.92 Å². The maximum absolute atomic E-state index is 12.7. The lowest BCUT2D eigenvalue weighted by atomic mass is 9.84. The number of hydrogen-bond acceptors (Lipinski definition) is 4. The van der Waals surface area contributed by atoms with Crippen LogP contribution in [0.15, 0.2) is 63.8 Å². The Bertz CT molecular complexity index is 1080. The molecule has 3 aromatic rings. The third-order valence-corrected chi connectivity index (χ3v) is 6.07. The van der Waals surface area contributed by atoms with Crippen molar-refractivity contribution in [3.05, 3.63) is 70.6 Å². The molecule has 1 amide bonds. The quantitative estimate of drug-likeness (QED) is 0.715. The molecule has 2 aromatic carbocycles. The topological polar surface area (TPSA) is 62.6 Å². The van der Waals surface area contributed by atoms with E-state index in [1.165, 1.54) is 12.8 Å². The van der Waals surface area contributed by atoms with Gasteiger partial charge in [0.15, 0.2) is 0 Å². The summed E-state index contributed by atoms with van der Waals surface area (Å²) in [5, 5.41) is 4.08. The Morgan fingerprint density at radius 1 is 1.04 bits per heavy atom. The standard InChI is InChI=1S/C23H22N2O3/c26-22(24-20-14-25-11-9-16(20)10-12-25)17-7-5-15(6-8-17)19-13-18-3-1-2-4-21(18)28-23(19)27/h1-8,13,16,20H,9-12,14H2,(H,24,26). The van der Waals surface area contributed by atoms with Gasteiger partial charge in [0.05, 0.1) is 5.56 Å². The van der Waals surface area contributed by atoms with Gasteiger partial charge in [-0.25, -0.2) is 4.79 Å². The average molecular weight is 374 g/mol. The SMILES string of the molecule is O=C(NC1CN2CCC1CC2)c1ccc(-c2cc3ccccc3oc2=O)cc1. The Kier molecular flexibility index (Phi) is 4.24. The smallest absolute Gasteiger partial charge is 0.344 e. The summed E-state index contributed by atoms with van der Waals surface area (Å²) < 4.78 is 5.41. The van der Waals surface area contributed by atoms with Crippen molar-refractivity contribution in [3.8, 4) is 11.1 Å². The molecule has 2 bridgehead atoms. The molecule has 5 nitrogen and oxygen atoms in total. The minimum absolute atomic E-state index is 0.0455. The second-order valence-corrected chi connectivity index (χ2v) is 7.78. The molecule has 6 rings (SSSR count). The van der Waals surface area contributed by atoms with E-state index < -0.39 is 0 Å². The second kappa shape index (κ2) is 6.91. The van der Waals surface area contributed by atoms with Crippen molar-refractivity contribution < 1.29 is 9.21 Å². The first-order valence-corrected chi connectivity index (χ1v) is 9.84. The lowest BCUT2D eigenvalue weighted by molar-refractivity contribution is 0.0620. The number of para-hydroxylation sites is 1. The molecular formula is C23H22N2O3. The molecule has 0 saturated carbocycles. The van der Waals surface area contributed by atoms with Gasteiger partial charge < -0.3 is 14.6 Å². The van der Waals surface area contributed by atoms with Crippen molar-refractivity contribution in [3.63, 3.8) is 0 Å². The maximum Gasteiger partial charge on any atom is 0.344 e. The number of benzene rings is 2. The monoisotopic (exact) mass is 374 g/mol. The number of hydrogen-bond donors (Lipinski definition) is 1. The molecule has 5 heteroatoms. The number of fused-ring (bicyclic) bond motifs is 4. The first-order valence-electron chi connectivity index (χ1n) is 9.84. The van der Waals surface area contributed by atoms with Crippen LogP contribution in [-0.2, 0) is 0 Å². The first kappa shape index (κ1) is 17.2. The van der Waals surface area contributed by atoms with Crippen molar-refractivity contribution in [1.82, 2.24) is 10.2 Å². The summed E-state index contributed by atoms with van der Waals surface area (Å²) in [4.78, 5) is 27.4. The molecule has 3 saturated heterocycles. The lowest BCUT2D eigenvalue weighted by Crippen LogP contribution is -2.57. The zero-order chi connectivity index (χ0) is 19.1. The lowest BCUT2D eigenvalue weighted by Gasteiger charge is -2.44. The molecule has 3 aliphatic rings. The third-order valence-electron chi connectivity index (χ3n) is 6.07. The first-order chi connectivity index (χ1) is 13.7. The minimum Gasteiger partial charge on any atom is -0.422 e. The zero-order valence-corrected chi connectivity index (χ0v) is 15.6. The molecule has 1 N–H and O–H groups in total. The van der Waals surface area contributed by atoms with Crippen LogP contribution in [-0.4, -0.2) is 36.5 Å². The Morgan fingerprint density at radius 2 is 1.79 bits per heavy atom. The molecule has 142 valence electrons. The fraction of sp³-hybridized carbons (Fsp3) is 0.304. The van der Waals surface area contributed by atoms with Crippen molar-refractivity contribution >= 4 is 16.9 Å². The van der Waals surface area contributed by atoms with Crippen LogP contribution < -0.4 is 10.9 Å². The van der Waals surface area contributed by atoms with Gasteiger partial charge in [0.1, 0.15) is 5.58 Å². The summed E-state index contributed by atoms with van der Waals surface area (Å²) in [6.45, 7) is 3.26. The van der Waals surface area contributed by atoms with Crippen molar-refractivity contribution in [2.45, 2.75) is 18.9 Å². The number of amides is 1. The highest BCUT2D eigenvalue weighted by Crippen LogP contribution is 2.28. The summed E-state index contributed by atoms with van der Waals surface area (Å²) in [6, 6.07) is 16.7. The fourth-order valence-corrected chi connectivity index (χ4v) is 4.44. The van der Waals surface area contributed by atoms with Gasteiger partial charge in [0.2, 0.25) is 0 Å². The third kappa shape index (κ3) is 3.12. The van der Waals surface area contributed by atoms with Crippen LogP contribution in [0.3, 0.4) is 0 Å². The van der Waals surface area contributed by atoms with E-state index in [-0.39, 0.29) is 17.6 Å². The van der Waals surface area contributed by atoms with Crippen molar-refractivity contribution in [2.75, 3.05) is 19.6 Å². The number of carbonyl (C=O) groups is 1. The Morgan fingerprint density at radius 3 is 2.50 bits per heavy atom. The Balaban J connectivity index is 1.36. The van der Waals surface area contributed by atoms with Crippen LogP contribution in [0.25, 0.3) is 22.1 Å². The fourth-order valence-electron chi connectivity index (χ4n) is 4.44. The number of carbonyl (C=O) groups excluding carboxylic acids is 1. The van der Waals surface area contributed by atoms with Crippen LogP contribution in [0.4, 0.5) is 0 Å². The molecule has 4 heterocycles. The predicted molar refractivity (Wildman–Crippen MR) is 108 cm³/mol. The van der Waals surface area contributed by atoms with Crippen LogP contribution in [0.5, 0.6) is 0 Å². The number of nitrogens with zero attached hydrogens (tertiary/aromatic N) is 1. The van der Waals surface area contributed by atoms with E-state index in [1.54, 1.807) is 18.2 Å². The van der Waals surface area contributed by atoms with E-state index in [2.05, 4.69) is 10.2 Å². The molecule has 1 atom stereocenters. The molecule has 3 fully saturated rings. The largest absolute Gasteiger partial charge is 0.422 e. The minimum atomic E-state index is -0.372. The van der Waals surface area contributed by atoms with Gasteiger partial charge in [-0.1, -0.05) is 30.3 Å². The van der Waals surface area contributed by atoms with Gasteiger partial charge >= 0.3 is 5.63 Å². The number of rotatable bonds is 3. The number of nitrogens with one attached hydrogen (secondary N) is 1. The van der Waals surface area contributed by atoms with Gasteiger partial charge in [0.25, 0.3) is 5.91 Å². The normalized spacial score (nSPS) is 23.6. The summed E-state index contributed by atoms with van der Waals surface area (Å²) in [6.07, 6.45) is 2.34. The van der Waals surface area contributed by atoms with E-state index in [0.29, 0.717) is 22.6 Å².